The van der Waals surface area contributed by atoms with Crippen LogP contribution in [0.25, 0.3) is 0 Å². The van der Waals surface area contributed by atoms with Gasteiger partial charge in [-0.1, -0.05) is 32.0 Å². The van der Waals surface area contributed by atoms with Gasteiger partial charge >= 0.3 is 16.3 Å². The lowest BCUT2D eigenvalue weighted by atomic mass is 10.2. The van der Waals surface area contributed by atoms with Crippen molar-refractivity contribution >= 4 is 10.1 Å². The Morgan fingerprint density at radius 3 is 2.42 bits per heavy atom. The molecular formula is C18H20F3NO3S. The first-order valence-corrected chi connectivity index (χ1v) is 9.40. The predicted octanol–water partition coefficient (Wildman–Crippen LogP) is 4.22. The van der Waals surface area contributed by atoms with Crippen molar-refractivity contribution in [3.05, 3.63) is 59.7 Å². The summed E-state index contributed by atoms with van der Waals surface area (Å²) in [4.78, 5) is -0.546. The van der Waals surface area contributed by atoms with Crippen LogP contribution in [0.3, 0.4) is 0 Å². The standard InChI is InChI=1S/C18H20F3NO3S/c1-13(2)11-22-12-14-5-3-7-16(9-14)25-26(23,24)17-8-4-6-15(10-17)18(19,20)21/h3-10,13,22H,11-12H2,1-2H3. The molecule has 2 aromatic rings. The van der Waals surface area contributed by atoms with E-state index in [0.29, 0.717) is 18.5 Å². The largest absolute Gasteiger partial charge is 0.416 e. The summed E-state index contributed by atoms with van der Waals surface area (Å²) >= 11 is 0. The normalized spacial score (nSPS) is 12.4. The fraction of sp³-hybridized carbons (Fsp3) is 0.333. The molecule has 0 aromatic heterocycles. The molecule has 0 aliphatic carbocycles. The third-order valence-corrected chi connectivity index (χ3v) is 4.68. The molecule has 0 amide bonds. The molecule has 26 heavy (non-hydrogen) atoms. The number of rotatable bonds is 7. The summed E-state index contributed by atoms with van der Waals surface area (Å²) < 4.78 is 67.9. The molecule has 0 spiro atoms. The molecular weight excluding hydrogens is 367 g/mol. The molecule has 1 N–H and O–H groups in total. The van der Waals surface area contributed by atoms with Gasteiger partial charge in [0.1, 0.15) is 10.6 Å². The Bertz CT molecular complexity index is 849. The van der Waals surface area contributed by atoms with E-state index in [-0.39, 0.29) is 5.75 Å². The van der Waals surface area contributed by atoms with Crippen LogP contribution < -0.4 is 9.50 Å². The lowest BCUT2D eigenvalue weighted by Crippen LogP contribution is -2.19. The van der Waals surface area contributed by atoms with E-state index in [4.69, 9.17) is 4.18 Å². The number of hydrogen-bond acceptors (Lipinski definition) is 4. The van der Waals surface area contributed by atoms with E-state index in [1.165, 1.54) is 6.07 Å². The Kier molecular flexibility index (Phi) is 6.30. The highest BCUT2D eigenvalue weighted by Crippen LogP contribution is 2.31. The summed E-state index contributed by atoms with van der Waals surface area (Å²) in [5.41, 5.74) is -0.240. The van der Waals surface area contributed by atoms with Crippen molar-refractivity contribution < 1.29 is 25.8 Å². The number of halogens is 3. The first-order valence-electron chi connectivity index (χ1n) is 7.99. The second kappa shape index (κ2) is 8.09. The first kappa shape index (κ1) is 20.3. The van der Waals surface area contributed by atoms with Crippen LogP contribution in [-0.4, -0.2) is 15.0 Å². The van der Waals surface area contributed by atoms with Gasteiger partial charge in [-0.2, -0.15) is 21.6 Å². The Labute approximate surface area is 151 Å². The van der Waals surface area contributed by atoms with Gasteiger partial charge < -0.3 is 9.50 Å². The van der Waals surface area contributed by atoms with Crippen LogP contribution in [0.2, 0.25) is 0 Å². The van der Waals surface area contributed by atoms with Crippen molar-refractivity contribution in [2.45, 2.75) is 31.5 Å². The number of hydrogen-bond donors (Lipinski definition) is 1. The minimum atomic E-state index is -4.63. The molecule has 0 unspecified atom stereocenters. The number of alkyl halides is 3. The fourth-order valence-electron chi connectivity index (χ4n) is 2.22. The van der Waals surface area contributed by atoms with Crippen LogP contribution in [0.4, 0.5) is 13.2 Å². The second-order valence-corrected chi connectivity index (χ2v) is 7.78. The highest BCUT2D eigenvalue weighted by molar-refractivity contribution is 7.87. The van der Waals surface area contributed by atoms with E-state index in [2.05, 4.69) is 19.2 Å². The minimum Gasteiger partial charge on any atom is -0.379 e. The molecule has 0 bridgehead atoms. The van der Waals surface area contributed by atoms with Gasteiger partial charge in [0.2, 0.25) is 0 Å². The molecule has 2 aromatic carbocycles. The molecule has 0 saturated carbocycles. The van der Waals surface area contributed by atoms with Gasteiger partial charge in [-0.25, -0.2) is 0 Å². The summed E-state index contributed by atoms with van der Waals surface area (Å²) in [6.45, 7) is 5.45. The van der Waals surface area contributed by atoms with Crippen molar-refractivity contribution in [2.75, 3.05) is 6.54 Å². The molecule has 2 rings (SSSR count). The zero-order valence-electron chi connectivity index (χ0n) is 14.4. The summed E-state index contributed by atoms with van der Waals surface area (Å²) in [6, 6.07) is 9.88. The van der Waals surface area contributed by atoms with E-state index in [0.717, 1.165) is 30.3 Å². The average Bonchev–Trinajstić information content (AvgIpc) is 2.54. The predicted molar refractivity (Wildman–Crippen MR) is 92.2 cm³/mol. The van der Waals surface area contributed by atoms with E-state index < -0.39 is 26.8 Å². The van der Waals surface area contributed by atoms with Crippen molar-refractivity contribution in [1.82, 2.24) is 5.32 Å². The maximum Gasteiger partial charge on any atom is 0.416 e. The highest BCUT2D eigenvalue weighted by Gasteiger charge is 2.32. The Morgan fingerprint density at radius 1 is 1.08 bits per heavy atom. The second-order valence-electron chi connectivity index (χ2n) is 6.24. The Morgan fingerprint density at radius 2 is 1.77 bits per heavy atom. The summed E-state index contributed by atoms with van der Waals surface area (Å²) in [5, 5.41) is 3.22. The zero-order valence-corrected chi connectivity index (χ0v) is 15.2. The lowest BCUT2D eigenvalue weighted by Gasteiger charge is -2.11. The van der Waals surface area contributed by atoms with Gasteiger partial charge in [0, 0.05) is 6.54 Å². The number of benzene rings is 2. The summed E-state index contributed by atoms with van der Waals surface area (Å²) in [5.74, 6) is 0.516. The highest BCUT2D eigenvalue weighted by atomic mass is 32.2. The van der Waals surface area contributed by atoms with Crippen LogP contribution in [0, 0.1) is 5.92 Å². The Hall–Kier alpha value is -2.06. The quantitative estimate of drug-likeness (QED) is 0.723. The maximum absolute atomic E-state index is 12.8. The van der Waals surface area contributed by atoms with Gasteiger partial charge in [-0.15, -0.1) is 0 Å². The molecule has 0 atom stereocenters. The molecule has 0 radical (unpaired) electrons. The van der Waals surface area contributed by atoms with Crippen LogP contribution in [0.1, 0.15) is 25.0 Å². The van der Waals surface area contributed by atoms with Gasteiger partial charge in [0.15, 0.2) is 0 Å². The van der Waals surface area contributed by atoms with Gasteiger partial charge in [-0.3, -0.25) is 0 Å². The van der Waals surface area contributed by atoms with Crippen LogP contribution >= 0.6 is 0 Å². The van der Waals surface area contributed by atoms with E-state index in [9.17, 15) is 21.6 Å². The topological polar surface area (TPSA) is 55.4 Å². The van der Waals surface area contributed by atoms with Gasteiger partial charge in [0.25, 0.3) is 0 Å². The SMILES string of the molecule is CC(C)CNCc1cccc(OS(=O)(=O)c2cccc(C(F)(F)F)c2)c1. The van der Waals surface area contributed by atoms with E-state index >= 15 is 0 Å². The Balaban J connectivity index is 2.17. The van der Waals surface area contributed by atoms with Crippen LogP contribution in [0.5, 0.6) is 5.75 Å². The summed E-state index contributed by atoms with van der Waals surface area (Å²) in [6.07, 6.45) is -4.63. The molecule has 0 heterocycles. The molecule has 0 aliphatic rings. The molecule has 0 saturated heterocycles. The van der Waals surface area contributed by atoms with E-state index in [1.54, 1.807) is 18.2 Å². The third kappa shape index (κ3) is 5.74. The fourth-order valence-corrected chi connectivity index (χ4v) is 3.18. The van der Waals surface area contributed by atoms with Crippen molar-refractivity contribution in [3.8, 4) is 5.75 Å². The van der Waals surface area contributed by atoms with Crippen LogP contribution in [-0.2, 0) is 22.8 Å². The molecule has 0 fully saturated rings. The first-order chi connectivity index (χ1) is 12.1. The molecule has 0 aliphatic heterocycles. The molecule has 4 nitrogen and oxygen atoms in total. The van der Waals surface area contributed by atoms with E-state index in [1.807, 2.05) is 0 Å². The third-order valence-electron chi connectivity index (χ3n) is 3.44. The van der Waals surface area contributed by atoms with Crippen molar-refractivity contribution in [1.29, 1.82) is 0 Å². The van der Waals surface area contributed by atoms with Crippen LogP contribution in [0.15, 0.2) is 53.4 Å². The number of nitrogens with one attached hydrogen (secondary N) is 1. The maximum atomic E-state index is 12.8. The van der Waals surface area contributed by atoms with Crippen molar-refractivity contribution in [3.63, 3.8) is 0 Å². The average molecular weight is 387 g/mol. The molecule has 8 heteroatoms. The zero-order chi connectivity index (χ0) is 19.4. The smallest absolute Gasteiger partial charge is 0.379 e. The van der Waals surface area contributed by atoms with Crippen molar-refractivity contribution in [2.24, 2.45) is 5.92 Å². The van der Waals surface area contributed by atoms with Gasteiger partial charge in [0.05, 0.1) is 5.56 Å². The molecule has 142 valence electrons. The monoisotopic (exact) mass is 387 g/mol. The minimum absolute atomic E-state index is 0.0475. The lowest BCUT2D eigenvalue weighted by molar-refractivity contribution is -0.137. The van der Waals surface area contributed by atoms with Gasteiger partial charge in [-0.05, 0) is 48.4 Å². The summed E-state index contributed by atoms with van der Waals surface area (Å²) in [7, 11) is -4.37.